The van der Waals surface area contributed by atoms with Crippen LogP contribution in [0.4, 0.5) is 5.69 Å². The van der Waals surface area contributed by atoms with E-state index in [1.165, 1.54) is 38.2 Å². The van der Waals surface area contributed by atoms with Crippen LogP contribution in [0.15, 0.2) is 64.9 Å². The minimum absolute atomic E-state index is 0.0118. The number of imidazole rings is 1. The van der Waals surface area contributed by atoms with Gasteiger partial charge in [-0.1, -0.05) is 18.2 Å². The highest BCUT2D eigenvalue weighted by Crippen LogP contribution is 2.26. The molecule has 0 bridgehead atoms. The van der Waals surface area contributed by atoms with Crippen LogP contribution in [-0.2, 0) is 14.8 Å². The third-order valence-electron chi connectivity index (χ3n) is 4.86. The largest absolute Gasteiger partial charge is 0.337 e. The number of nitrogens with zero attached hydrogens (tertiary/aromatic N) is 2. The van der Waals surface area contributed by atoms with Gasteiger partial charge in [0.15, 0.2) is 5.78 Å². The van der Waals surface area contributed by atoms with E-state index in [1.807, 2.05) is 17.5 Å². The van der Waals surface area contributed by atoms with Gasteiger partial charge in [-0.05, 0) is 48.7 Å². The maximum atomic E-state index is 12.7. The van der Waals surface area contributed by atoms with Crippen molar-refractivity contribution >= 4 is 49.8 Å². The maximum absolute atomic E-state index is 12.7. The smallest absolute Gasteiger partial charge is 0.243 e. The summed E-state index contributed by atoms with van der Waals surface area (Å²) in [6.45, 7) is 1.04. The highest BCUT2D eigenvalue weighted by atomic mass is 32.2. The molecule has 0 aliphatic carbocycles. The Morgan fingerprint density at radius 1 is 1.12 bits per heavy atom. The van der Waals surface area contributed by atoms with E-state index in [0.29, 0.717) is 11.3 Å². The van der Waals surface area contributed by atoms with Gasteiger partial charge in [-0.15, -0.1) is 11.3 Å². The van der Waals surface area contributed by atoms with Gasteiger partial charge < -0.3 is 10.3 Å². The van der Waals surface area contributed by atoms with Crippen LogP contribution in [0.5, 0.6) is 0 Å². The maximum Gasteiger partial charge on any atom is 0.243 e. The summed E-state index contributed by atoms with van der Waals surface area (Å²) in [7, 11) is -2.55. The third kappa shape index (κ3) is 4.47. The third-order valence-corrected chi connectivity index (χ3v) is 7.55. The van der Waals surface area contributed by atoms with E-state index in [9.17, 15) is 18.0 Å². The minimum Gasteiger partial charge on any atom is -0.337 e. The number of benzene rings is 2. The van der Waals surface area contributed by atoms with Crippen molar-refractivity contribution in [2.24, 2.45) is 0 Å². The number of carbonyl (C=O) groups excluding carboxylic acids is 2. The van der Waals surface area contributed by atoms with Gasteiger partial charge in [-0.3, -0.25) is 9.59 Å². The molecule has 0 unspecified atom stereocenters. The van der Waals surface area contributed by atoms with E-state index >= 15 is 0 Å². The summed E-state index contributed by atoms with van der Waals surface area (Å²) in [4.78, 5) is 32.7. The van der Waals surface area contributed by atoms with Gasteiger partial charge in [0, 0.05) is 18.3 Å². The Hall–Kier alpha value is -3.34. The van der Waals surface area contributed by atoms with Crippen LogP contribution in [0.2, 0.25) is 0 Å². The molecular weight excluding hydrogens is 448 g/mol. The predicted molar refractivity (Wildman–Crippen MR) is 124 cm³/mol. The van der Waals surface area contributed by atoms with Crippen molar-refractivity contribution in [1.29, 1.82) is 0 Å². The van der Waals surface area contributed by atoms with Crippen molar-refractivity contribution in [2.45, 2.75) is 11.8 Å². The first kappa shape index (κ1) is 21.9. The molecule has 32 heavy (non-hydrogen) atoms. The fourth-order valence-corrected chi connectivity index (χ4v) is 4.94. The highest BCUT2D eigenvalue weighted by Gasteiger charge is 2.23. The van der Waals surface area contributed by atoms with Gasteiger partial charge in [0.25, 0.3) is 0 Å². The number of carbonyl (C=O) groups is 2. The zero-order chi connectivity index (χ0) is 22.9. The Morgan fingerprint density at radius 2 is 1.88 bits per heavy atom. The lowest BCUT2D eigenvalue weighted by Gasteiger charge is -2.17. The molecule has 2 aromatic carbocycles. The topological polar surface area (TPSA) is 112 Å². The average molecular weight is 469 g/mol. The number of Topliss-reactive ketones (excluding diaryl/α,β-unsaturated/α-hetero) is 1. The number of nitrogens with one attached hydrogen (secondary N) is 2. The Bertz CT molecular complexity index is 1390. The molecular formula is C22H20N4O4S2. The number of fused-ring (bicyclic) bond motifs is 1. The lowest BCUT2D eigenvalue weighted by Crippen LogP contribution is -2.35. The van der Waals surface area contributed by atoms with Crippen molar-refractivity contribution in [3.63, 3.8) is 0 Å². The molecule has 1 amide bonds. The van der Waals surface area contributed by atoms with Crippen molar-refractivity contribution in [3.05, 3.63) is 65.5 Å². The molecule has 0 radical (unpaired) electrons. The standard InChI is InChI=1S/C22H20N4O4S2/c1-14(27)15-5-8-17(9-6-15)32(29,30)26(2)13-21(28)23-16-7-10-18-19(12-16)25-22(24-18)20-4-3-11-31-20/h3-12H,13H2,1-2H3,(H,23,28)(H,24,25). The molecule has 0 saturated heterocycles. The summed E-state index contributed by atoms with van der Waals surface area (Å²) < 4.78 is 26.4. The lowest BCUT2D eigenvalue weighted by molar-refractivity contribution is -0.116. The Balaban J connectivity index is 1.45. The van der Waals surface area contributed by atoms with E-state index in [-0.39, 0.29) is 17.2 Å². The summed E-state index contributed by atoms with van der Waals surface area (Å²) in [5, 5.41) is 4.69. The number of sulfonamides is 1. The number of thiophene rings is 1. The molecule has 8 nitrogen and oxygen atoms in total. The lowest BCUT2D eigenvalue weighted by atomic mass is 10.2. The number of anilines is 1. The van der Waals surface area contributed by atoms with Crippen LogP contribution >= 0.6 is 11.3 Å². The number of likely N-dealkylation sites (N-methyl/N-ethyl adjacent to an activating group) is 1. The molecule has 0 saturated carbocycles. The van der Waals surface area contributed by atoms with E-state index < -0.39 is 15.9 Å². The van der Waals surface area contributed by atoms with Gasteiger partial charge >= 0.3 is 0 Å². The molecule has 0 fully saturated rings. The Morgan fingerprint density at radius 3 is 2.53 bits per heavy atom. The molecule has 164 valence electrons. The average Bonchev–Trinajstić information content (AvgIpc) is 3.43. The number of hydrogen-bond acceptors (Lipinski definition) is 6. The first-order chi connectivity index (χ1) is 15.2. The molecule has 2 heterocycles. The Kier molecular flexibility index (Phi) is 5.92. The molecule has 4 rings (SSSR count). The zero-order valence-corrected chi connectivity index (χ0v) is 19.0. The number of rotatable bonds is 7. The number of hydrogen-bond donors (Lipinski definition) is 2. The number of aromatic amines is 1. The second-order valence-electron chi connectivity index (χ2n) is 7.18. The van der Waals surface area contributed by atoms with Crippen LogP contribution in [-0.4, -0.2) is 48.0 Å². The monoisotopic (exact) mass is 468 g/mol. The molecule has 10 heteroatoms. The van der Waals surface area contributed by atoms with E-state index in [0.717, 1.165) is 26.0 Å². The van der Waals surface area contributed by atoms with Gasteiger partial charge in [-0.25, -0.2) is 13.4 Å². The molecule has 0 aliphatic rings. The van der Waals surface area contributed by atoms with Crippen LogP contribution in [0, 0.1) is 0 Å². The van der Waals surface area contributed by atoms with Crippen molar-refractivity contribution in [2.75, 3.05) is 18.9 Å². The Labute approximate surface area is 189 Å². The van der Waals surface area contributed by atoms with E-state index in [2.05, 4.69) is 15.3 Å². The SMILES string of the molecule is CC(=O)c1ccc(S(=O)(=O)N(C)CC(=O)Nc2ccc3nc(-c4cccs4)[nH]c3c2)cc1. The van der Waals surface area contributed by atoms with E-state index in [1.54, 1.807) is 29.5 Å². The quantitative estimate of drug-likeness (QED) is 0.401. The van der Waals surface area contributed by atoms with Gasteiger partial charge in [0.1, 0.15) is 5.82 Å². The minimum atomic E-state index is -3.88. The molecule has 0 aliphatic heterocycles. The van der Waals surface area contributed by atoms with Crippen molar-refractivity contribution in [1.82, 2.24) is 14.3 Å². The van der Waals surface area contributed by atoms with Crippen LogP contribution in [0.25, 0.3) is 21.7 Å². The number of H-pyrrole nitrogens is 1. The molecule has 0 atom stereocenters. The fraction of sp³-hybridized carbons (Fsp3) is 0.136. The van der Waals surface area contributed by atoms with Crippen LogP contribution in [0.3, 0.4) is 0 Å². The van der Waals surface area contributed by atoms with Crippen molar-refractivity contribution < 1.29 is 18.0 Å². The number of aromatic nitrogens is 2. The zero-order valence-electron chi connectivity index (χ0n) is 17.3. The van der Waals surface area contributed by atoms with Gasteiger partial charge in [0.05, 0.1) is 27.4 Å². The normalized spacial score (nSPS) is 11.7. The van der Waals surface area contributed by atoms with E-state index in [4.69, 9.17) is 0 Å². The summed E-state index contributed by atoms with van der Waals surface area (Å²) >= 11 is 1.57. The van der Waals surface area contributed by atoms with Crippen LogP contribution < -0.4 is 5.32 Å². The first-order valence-corrected chi connectivity index (χ1v) is 12.0. The molecule has 4 aromatic rings. The molecule has 2 aromatic heterocycles. The van der Waals surface area contributed by atoms with Crippen LogP contribution in [0.1, 0.15) is 17.3 Å². The first-order valence-electron chi connectivity index (χ1n) is 9.65. The predicted octanol–water partition coefficient (Wildman–Crippen LogP) is 3.75. The highest BCUT2D eigenvalue weighted by molar-refractivity contribution is 7.89. The second kappa shape index (κ2) is 8.65. The van der Waals surface area contributed by atoms with Gasteiger partial charge in [0.2, 0.25) is 15.9 Å². The summed E-state index contributed by atoms with van der Waals surface area (Å²) in [6.07, 6.45) is 0. The summed E-state index contributed by atoms with van der Waals surface area (Å²) in [6, 6.07) is 14.8. The second-order valence-corrected chi connectivity index (χ2v) is 10.2. The fourth-order valence-electron chi connectivity index (χ4n) is 3.15. The van der Waals surface area contributed by atoms with Crippen molar-refractivity contribution in [3.8, 4) is 10.7 Å². The number of ketones is 1. The molecule has 0 spiro atoms. The summed E-state index contributed by atoms with van der Waals surface area (Å²) in [5.41, 5.74) is 2.47. The molecule has 2 N–H and O–H groups in total. The summed E-state index contributed by atoms with van der Waals surface area (Å²) in [5.74, 6) is 0.118. The number of amides is 1. The van der Waals surface area contributed by atoms with Gasteiger partial charge in [-0.2, -0.15) is 4.31 Å².